The van der Waals surface area contributed by atoms with Crippen molar-refractivity contribution in [1.29, 1.82) is 0 Å². The number of hydrogen-bond donors (Lipinski definition) is 1. The van der Waals surface area contributed by atoms with Crippen LogP contribution in [-0.4, -0.2) is 42.0 Å². The topological polar surface area (TPSA) is 58.6 Å². The van der Waals surface area contributed by atoms with Gasteiger partial charge in [-0.15, -0.1) is 23.2 Å². The summed E-state index contributed by atoms with van der Waals surface area (Å²) in [6, 6.07) is 0. The summed E-state index contributed by atoms with van der Waals surface area (Å²) >= 11 is 11.2. The fourth-order valence-corrected chi connectivity index (χ4v) is 3.74. The number of halogens is 2. The molecule has 1 atom stereocenters. The van der Waals surface area contributed by atoms with E-state index in [2.05, 4.69) is 5.09 Å². The van der Waals surface area contributed by atoms with Crippen LogP contribution in [0.2, 0.25) is 0 Å². The summed E-state index contributed by atoms with van der Waals surface area (Å²) in [7, 11) is -3.25. The molecule has 1 fully saturated rings. The van der Waals surface area contributed by atoms with Crippen molar-refractivity contribution in [3.05, 3.63) is 0 Å². The lowest BCUT2D eigenvalue weighted by atomic mass is 10.4. The van der Waals surface area contributed by atoms with Gasteiger partial charge >= 0.3 is 7.67 Å². The number of carbonyl (C=O) groups is 1. The zero-order valence-electron chi connectivity index (χ0n) is 8.12. The van der Waals surface area contributed by atoms with Gasteiger partial charge in [0.1, 0.15) is 0 Å². The zero-order chi connectivity index (χ0) is 11.3. The zero-order valence-corrected chi connectivity index (χ0v) is 10.5. The van der Waals surface area contributed by atoms with Gasteiger partial charge in [-0.1, -0.05) is 0 Å². The Hall–Kier alpha value is 0.200. The molecule has 1 rings (SSSR count). The quantitative estimate of drug-likeness (QED) is 0.608. The maximum atomic E-state index is 12.2. The Kier molecular flexibility index (Phi) is 5.36. The summed E-state index contributed by atoms with van der Waals surface area (Å²) in [5.41, 5.74) is 0. The Morgan fingerprint density at radius 2 is 2.00 bits per heavy atom. The van der Waals surface area contributed by atoms with Crippen LogP contribution in [0.25, 0.3) is 0 Å². The first-order valence-electron chi connectivity index (χ1n) is 4.55. The third-order valence-corrected chi connectivity index (χ3v) is 4.47. The second-order valence-electron chi connectivity index (χ2n) is 2.97. The largest absolute Gasteiger partial charge is 0.370 e. The number of carbonyl (C=O) groups excluding carboxylic acids is 1. The molecule has 0 aromatic carbocycles. The number of nitrogens with zero attached hydrogens (tertiary/aromatic N) is 1. The molecule has 0 aromatic heterocycles. The number of nitrogens with one attached hydrogen (secondary N) is 1. The first-order valence-corrected chi connectivity index (χ1v) is 7.20. The highest BCUT2D eigenvalue weighted by Crippen LogP contribution is 2.48. The van der Waals surface area contributed by atoms with Gasteiger partial charge in [-0.3, -0.25) is 9.88 Å². The van der Waals surface area contributed by atoms with Crippen LogP contribution in [-0.2, 0) is 13.9 Å². The van der Waals surface area contributed by atoms with Gasteiger partial charge in [0.05, 0.1) is 13.0 Å². The first-order chi connectivity index (χ1) is 7.12. The van der Waals surface area contributed by atoms with E-state index in [-0.39, 0.29) is 18.9 Å². The fourth-order valence-electron chi connectivity index (χ4n) is 1.23. The Balaban J connectivity index is 2.70. The molecule has 1 amide bonds. The third-order valence-electron chi connectivity index (χ3n) is 1.92. The number of amides is 1. The van der Waals surface area contributed by atoms with Gasteiger partial charge in [-0.2, -0.15) is 0 Å². The van der Waals surface area contributed by atoms with E-state index in [1.54, 1.807) is 0 Å². The van der Waals surface area contributed by atoms with Gasteiger partial charge in [0.2, 0.25) is 5.91 Å². The molecule has 0 spiro atoms. The molecule has 1 heterocycles. The van der Waals surface area contributed by atoms with Crippen LogP contribution < -0.4 is 5.09 Å². The Bertz CT molecular complexity index is 271. The predicted molar refractivity (Wildman–Crippen MR) is 59.3 cm³/mol. The summed E-state index contributed by atoms with van der Waals surface area (Å²) in [5.74, 6) is 0.346. The standard InChI is InChI=1S/C7H13Cl2N2O3P/c8-2-4-11(5-3-9)15(13)10-7(12)1-6-14-15/h1-6H2,(H,10,12,13)/t15-/m0/s1. The minimum absolute atomic E-state index is 0.171. The van der Waals surface area contributed by atoms with Crippen molar-refractivity contribution >= 4 is 36.8 Å². The summed E-state index contributed by atoms with van der Waals surface area (Å²) in [5, 5.41) is 2.37. The van der Waals surface area contributed by atoms with Crippen molar-refractivity contribution in [3.8, 4) is 0 Å². The Morgan fingerprint density at radius 3 is 2.47 bits per heavy atom. The maximum absolute atomic E-state index is 12.2. The Morgan fingerprint density at radius 1 is 1.40 bits per heavy atom. The summed E-state index contributed by atoms with van der Waals surface area (Å²) < 4.78 is 18.8. The van der Waals surface area contributed by atoms with Crippen molar-refractivity contribution in [2.75, 3.05) is 31.5 Å². The van der Waals surface area contributed by atoms with Crippen LogP contribution in [0.3, 0.4) is 0 Å². The van der Waals surface area contributed by atoms with Crippen LogP contribution >= 0.6 is 30.9 Å². The molecular formula is C7H13Cl2N2O3P. The van der Waals surface area contributed by atoms with E-state index in [1.165, 1.54) is 4.67 Å². The van der Waals surface area contributed by atoms with E-state index in [4.69, 9.17) is 27.7 Å². The first kappa shape index (κ1) is 13.3. The second-order valence-corrected chi connectivity index (χ2v) is 5.81. The molecule has 8 heteroatoms. The van der Waals surface area contributed by atoms with E-state index in [0.717, 1.165) is 0 Å². The molecule has 0 aromatic rings. The minimum Gasteiger partial charge on any atom is -0.301 e. The van der Waals surface area contributed by atoms with Gasteiger partial charge in [-0.05, 0) is 0 Å². The van der Waals surface area contributed by atoms with Crippen LogP contribution in [0.1, 0.15) is 6.42 Å². The van der Waals surface area contributed by atoms with Gasteiger partial charge in [0.25, 0.3) is 0 Å². The Labute approximate surface area is 98.6 Å². The van der Waals surface area contributed by atoms with E-state index in [0.29, 0.717) is 24.8 Å². The molecule has 1 aliphatic rings. The molecule has 1 N–H and O–H groups in total. The average molecular weight is 275 g/mol. The van der Waals surface area contributed by atoms with E-state index in [1.807, 2.05) is 0 Å². The average Bonchev–Trinajstić information content (AvgIpc) is 2.17. The predicted octanol–water partition coefficient (Wildman–Crippen LogP) is 1.41. The lowest BCUT2D eigenvalue weighted by Crippen LogP contribution is -2.38. The van der Waals surface area contributed by atoms with Crippen LogP contribution in [0.5, 0.6) is 0 Å². The molecule has 0 unspecified atom stereocenters. The van der Waals surface area contributed by atoms with Crippen LogP contribution in [0.4, 0.5) is 0 Å². The van der Waals surface area contributed by atoms with Crippen LogP contribution in [0.15, 0.2) is 0 Å². The minimum atomic E-state index is -3.25. The summed E-state index contributed by atoms with van der Waals surface area (Å²) in [4.78, 5) is 11.1. The van der Waals surface area contributed by atoms with Crippen LogP contribution in [0, 0.1) is 0 Å². The van der Waals surface area contributed by atoms with Crippen molar-refractivity contribution in [2.24, 2.45) is 0 Å². The van der Waals surface area contributed by atoms with E-state index in [9.17, 15) is 9.36 Å². The van der Waals surface area contributed by atoms with Gasteiger partial charge in [0.15, 0.2) is 0 Å². The molecule has 5 nitrogen and oxygen atoms in total. The normalized spacial score (nSPS) is 26.7. The summed E-state index contributed by atoms with van der Waals surface area (Å²) in [6.45, 7) is 0.905. The van der Waals surface area contributed by atoms with Gasteiger partial charge in [-0.25, -0.2) is 9.24 Å². The monoisotopic (exact) mass is 274 g/mol. The molecule has 0 aliphatic carbocycles. The molecule has 0 bridgehead atoms. The highest BCUT2D eigenvalue weighted by atomic mass is 35.5. The number of rotatable bonds is 5. The SMILES string of the molecule is O=C1CCO[P@](=O)(N(CCCl)CCCl)N1. The van der Waals surface area contributed by atoms with E-state index < -0.39 is 7.67 Å². The van der Waals surface area contributed by atoms with E-state index >= 15 is 0 Å². The molecule has 15 heavy (non-hydrogen) atoms. The molecule has 0 saturated carbocycles. The highest BCUT2D eigenvalue weighted by molar-refractivity contribution is 7.55. The highest BCUT2D eigenvalue weighted by Gasteiger charge is 2.36. The van der Waals surface area contributed by atoms with Crippen molar-refractivity contribution in [3.63, 3.8) is 0 Å². The molecular weight excluding hydrogens is 262 g/mol. The molecule has 88 valence electrons. The number of alkyl halides is 2. The molecule has 0 radical (unpaired) electrons. The molecule has 1 aliphatic heterocycles. The number of hydrogen-bond acceptors (Lipinski definition) is 3. The lowest BCUT2D eigenvalue weighted by Gasteiger charge is -2.32. The third kappa shape index (κ3) is 3.61. The second kappa shape index (κ2) is 6.06. The summed E-state index contributed by atoms with van der Waals surface area (Å²) in [6.07, 6.45) is 0.236. The van der Waals surface area contributed by atoms with Gasteiger partial charge in [0, 0.05) is 24.8 Å². The van der Waals surface area contributed by atoms with Gasteiger partial charge < -0.3 is 4.52 Å². The fraction of sp³-hybridized carbons (Fsp3) is 0.857. The van der Waals surface area contributed by atoms with Crippen molar-refractivity contribution in [1.82, 2.24) is 9.76 Å². The van der Waals surface area contributed by atoms with Crippen molar-refractivity contribution in [2.45, 2.75) is 6.42 Å². The smallest absolute Gasteiger partial charge is 0.301 e. The lowest BCUT2D eigenvalue weighted by molar-refractivity contribution is -0.121. The maximum Gasteiger partial charge on any atom is 0.370 e. The van der Waals surface area contributed by atoms with Crippen molar-refractivity contribution < 1.29 is 13.9 Å². The molecule has 1 saturated heterocycles.